The first-order valence-corrected chi connectivity index (χ1v) is 10.0. The molecule has 1 heterocycles. The van der Waals surface area contributed by atoms with E-state index in [0.29, 0.717) is 18.6 Å². The summed E-state index contributed by atoms with van der Waals surface area (Å²) in [5.74, 6) is 0.651. The van der Waals surface area contributed by atoms with E-state index in [-0.39, 0.29) is 0 Å². The second kappa shape index (κ2) is 6.01. The molecule has 4 aliphatic carbocycles. The van der Waals surface area contributed by atoms with Crippen molar-refractivity contribution in [3.05, 3.63) is 35.4 Å². The average Bonchev–Trinajstić information content (AvgIpc) is 2.60. The van der Waals surface area contributed by atoms with E-state index in [2.05, 4.69) is 4.90 Å². The van der Waals surface area contributed by atoms with Gasteiger partial charge in [-0.3, -0.25) is 9.69 Å². The van der Waals surface area contributed by atoms with Gasteiger partial charge in [0.15, 0.2) is 0 Å². The van der Waals surface area contributed by atoms with E-state index >= 15 is 0 Å². The first kappa shape index (κ1) is 16.7. The van der Waals surface area contributed by atoms with Crippen LogP contribution in [0.15, 0.2) is 18.2 Å². The van der Waals surface area contributed by atoms with Crippen molar-refractivity contribution in [2.24, 2.45) is 17.8 Å². The standard InChI is InChI=1S/C21H26F2N2O/c22-17-2-1-3-18(23)19(17)20(26)24-4-6-25(7-5-24)21-11-14-8-15(12-21)10-16(9-14)13-21/h1-3,14-16H,4-13H2. The third-order valence-electron chi connectivity index (χ3n) is 7.42. The Balaban J connectivity index is 1.29. The third-order valence-corrected chi connectivity index (χ3v) is 7.42. The molecule has 1 aliphatic heterocycles. The Morgan fingerprint density at radius 3 is 1.88 bits per heavy atom. The molecule has 1 aromatic carbocycles. The van der Waals surface area contributed by atoms with Crippen molar-refractivity contribution in [3.8, 4) is 0 Å². The van der Waals surface area contributed by atoms with Crippen molar-refractivity contribution >= 4 is 5.91 Å². The molecule has 4 saturated carbocycles. The highest BCUT2D eigenvalue weighted by Gasteiger charge is 2.53. The topological polar surface area (TPSA) is 23.6 Å². The Morgan fingerprint density at radius 1 is 0.885 bits per heavy atom. The second-order valence-corrected chi connectivity index (χ2v) is 9.02. The molecule has 5 aliphatic rings. The Hall–Kier alpha value is -1.49. The maximum Gasteiger partial charge on any atom is 0.259 e. The molecule has 1 aromatic rings. The van der Waals surface area contributed by atoms with Gasteiger partial charge >= 0.3 is 0 Å². The monoisotopic (exact) mass is 360 g/mol. The minimum absolute atomic E-state index is 0.340. The molecule has 0 N–H and O–H groups in total. The number of carbonyl (C=O) groups is 1. The van der Waals surface area contributed by atoms with Gasteiger partial charge in [0.05, 0.1) is 0 Å². The van der Waals surface area contributed by atoms with Crippen LogP contribution in [-0.4, -0.2) is 47.4 Å². The second-order valence-electron chi connectivity index (χ2n) is 9.02. The molecule has 5 fully saturated rings. The molecule has 3 nitrogen and oxygen atoms in total. The van der Waals surface area contributed by atoms with Gasteiger partial charge in [-0.2, -0.15) is 0 Å². The summed E-state index contributed by atoms with van der Waals surface area (Å²) >= 11 is 0. The summed E-state index contributed by atoms with van der Waals surface area (Å²) in [5.41, 5.74) is -0.0663. The normalized spacial score (nSPS) is 36.5. The van der Waals surface area contributed by atoms with Gasteiger partial charge in [-0.15, -0.1) is 0 Å². The number of hydrogen-bond acceptors (Lipinski definition) is 2. The summed E-state index contributed by atoms with van der Waals surface area (Å²) in [4.78, 5) is 16.9. The van der Waals surface area contributed by atoms with Crippen LogP contribution in [0.3, 0.4) is 0 Å². The highest BCUT2D eigenvalue weighted by Crippen LogP contribution is 2.57. The van der Waals surface area contributed by atoms with Crippen LogP contribution in [0.2, 0.25) is 0 Å². The summed E-state index contributed by atoms with van der Waals surface area (Å²) in [5, 5.41) is 0. The molecular formula is C21H26F2N2O. The molecule has 0 spiro atoms. The molecule has 0 aromatic heterocycles. The quantitative estimate of drug-likeness (QED) is 0.803. The molecular weight excluding hydrogens is 334 g/mol. The van der Waals surface area contributed by atoms with Crippen molar-refractivity contribution in [3.63, 3.8) is 0 Å². The molecule has 4 bridgehead atoms. The number of rotatable bonds is 2. The predicted molar refractivity (Wildman–Crippen MR) is 94.7 cm³/mol. The van der Waals surface area contributed by atoms with Crippen molar-refractivity contribution in [1.82, 2.24) is 9.80 Å². The van der Waals surface area contributed by atoms with Gasteiger partial charge in [-0.05, 0) is 68.4 Å². The molecule has 0 atom stereocenters. The number of carbonyl (C=O) groups excluding carboxylic acids is 1. The zero-order valence-electron chi connectivity index (χ0n) is 15.1. The largest absolute Gasteiger partial charge is 0.336 e. The molecule has 5 heteroatoms. The Kier molecular flexibility index (Phi) is 3.85. The highest BCUT2D eigenvalue weighted by molar-refractivity contribution is 5.94. The van der Waals surface area contributed by atoms with Crippen LogP contribution in [0, 0.1) is 29.4 Å². The molecule has 26 heavy (non-hydrogen) atoms. The van der Waals surface area contributed by atoms with Gasteiger partial charge in [0.1, 0.15) is 17.2 Å². The van der Waals surface area contributed by atoms with Crippen LogP contribution in [0.5, 0.6) is 0 Å². The lowest BCUT2D eigenvalue weighted by molar-refractivity contribution is -0.0987. The highest BCUT2D eigenvalue weighted by atomic mass is 19.1. The zero-order chi connectivity index (χ0) is 17.9. The fourth-order valence-corrected chi connectivity index (χ4v) is 6.70. The van der Waals surface area contributed by atoms with E-state index in [9.17, 15) is 13.6 Å². The third kappa shape index (κ3) is 2.58. The van der Waals surface area contributed by atoms with Crippen LogP contribution in [0.1, 0.15) is 48.9 Å². The molecule has 1 saturated heterocycles. The maximum absolute atomic E-state index is 13.9. The molecule has 6 rings (SSSR count). The van der Waals surface area contributed by atoms with E-state index in [1.165, 1.54) is 44.6 Å². The van der Waals surface area contributed by atoms with Gasteiger partial charge in [-0.25, -0.2) is 8.78 Å². The zero-order valence-corrected chi connectivity index (χ0v) is 15.1. The summed E-state index contributed by atoms with van der Waals surface area (Å²) in [7, 11) is 0. The predicted octanol–water partition coefficient (Wildman–Crippen LogP) is 3.69. The lowest BCUT2D eigenvalue weighted by atomic mass is 9.52. The van der Waals surface area contributed by atoms with Crippen molar-refractivity contribution < 1.29 is 13.6 Å². The Labute approximate surface area is 153 Å². The Bertz CT molecular complexity index is 671. The van der Waals surface area contributed by atoms with Gasteiger partial charge in [0, 0.05) is 31.7 Å². The fourth-order valence-electron chi connectivity index (χ4n) is 6.70. The Morgan fingerprint density at radius 2 is 1.38 bits per heavy atom. The smallest absolute Gasteiger partial charge is 0.259 e. The van der Waals surface area contributed by atoms with E-state index in [4.69, 9.17) is 0 Å². The number of piperazine rings is 1. The van der Waals surface area contributed by atoms with E-state index in [0.717, 1.165) is 43.0 Å². The molecule has 0 radical (unpaired) electrons. The number of hydrogen-bond donors (Lipinski definition) is 0. The number of benzene rings is 1. The minimum atomic E-state index is -0.765. The van der Waals surface area contributed by atoms with Crippen LogP contribution in [0.25, 0.3) is 0 Å². The summed E-state index contributed by atoms with van der Waals surface area (Å²) < 4.78 is 27.9. The van der Waals surface area contributed by atoms with Crippen LogP contribution >= 0.6 is 0 Å². The molecule has 1 amide bonds. The summed E-state index contributed by atoms with van der Waals surface area (Å²) in [6.45, 7) is 2.78. The van der Waals surface area contributed by atoms with Crippen molar-refractivity contribution in [2.75, 3.05) is 26.2 Å². The average molecular weight is 360 g/mol. The van der Waals surface area contributed by atoms with Crippen molar-refractivity contribution in [2.45, 2.75) is 44.1 Å². The van der Waals surface area contributed by atoms with Gasteiger partial charge in [0.25, 0.3) is 5.91 Å². The summed E-state index contributed by atoms with van der Waals surface area (Å²) in [6, 6.07) is 3.61. The van der Waals surface area contributed by atoms with Crippen LogP contribution < -0.4 is 0 Å². The fraction of sp³-hybridized carbons (Fsp3) is 0.667. The first-order valence-electron chi connectivity index (χ1n) is 10.0. The SMILES string of the molecule is O=C(c1c(F)cccc1F)N1CCN(C23CC4CC(CC(C4)C2)C3)CC1. The number of amides is 1. The lowest BCUT2D eigenvalue weighted by Crippen LogP contribution is -2.64. The van der Waals surface area contributed by atoms with E-state index < -0.39 is 23.1 Å². The maximum atomic E-state index is 13.9. The van der Waals surface area contributed by atoms with Gasteiger partial charge < -0.3 is 4.90 Å². The van der Waals surface area contributed by atoms with Crippen LogP contribution in [0.4, 0.5) is 8.78 Å². The van der Waals surface area contributed by atoms with Gasteiger partial charge in [-0.1, -0.05) is 6.07 Å². The van der Waals surface area contributed by atoms with E-state index in [1.807, 2.05) is 0 Å². The van der Waals surface area contributed by atoms with Crippen LogP contribution in [-0.2, 0) is 0 Å². The first-order chi connectivity index (χ1) is 12.5. The number of nitrogens with zero attached hydrogens (tertiary/aromatic N) is 2. The lowest BCUT2D eigenvalue weighted by Gasteiger charge is -2.61. The minimum Gasteiger partial charge on any atom is -0.336 e. The van der Waals surface area contributed by atoms with Crippen molar-refractivity contribution in [1.29, 1.82) is 0 Å². The molecule has 0 unspecified atom stereocenters. The summed E-state index contributed by atoms with van der Waals surface area (Å²) in [6.07, 6.45) is 8.21. The van der Waals surface area contributed by atoms with E-state index in [1.54, 1.807) is 4.90 Å². The van der Waals surface area contributed by atoms with Gasteiger partial charge in [0.2, 0.25) is 0 Å². The molecule has 140 valence electrons. The number of halogens is 2.